The van der Waals surface area contributed by atoms with Crippen LogP contribution in [0.15, 0.2) is 0 Å². The van der Waals surface area contributed by atoms with Gasteiger partial charge >= 0.3 is 17.1 Å². The van der Waals surface area contributed by atoms with Crippen LogP contribution in [-0.4, -0.2) is 5.97 Å². The molecule has 0 spiro atoms. The summed E-state index contributed by atoms with van der Waals surface area (Å²) in [7, 11) is 0. The van der Waals surface area contributed by atoms with Crippen LogP contribution in [-0.2, 0) is 21.9 Å². The molecule has 0 bridgehead atoms. The fraction of sp³-hybridized carbons (Fsp3) is 0.500. The third kappa shape index (κ3) is 143000. The third-order valence-corrected chi connectivity index (χ3v) is 0. The van der Waals surface area contributed by atoms with Crippen molar-refractivity contribution >= 4 is 5.97 Å². The van der Waals surface area contributed by atoms with Crippen molar-refractivity contribution in [2.24, 2.45) is 0 Å². The van der Waals surface area contributed by atoms with Crippen LogP contribution in [0.3, 0.4) is 0 Å². The van der Waals surface area contributed by atoms with Crippen LogP contribution in [0.25, 0.3) is 0 Å². The van der Waals surface area contributed by atoms with Gasteiger partial charge in [0.25, 0.3) is 0 Å². The van der Waals surface area contributed by atoms with Gasteiger partial charge in [-0.15, -0.1) is 0 Å². The van der Waals surface area contributed by atoms with E-state index in [1.807, 2.05) is 0 Å². The molecule has 3 heteroatoms. The van der Waals surface area contributed by atoms with Crippen LogP contribution in [0.2, 0.25) is 0 Å². The SMILES string of the molecule is CC(=O)[O-].[Mn+2]. The zero-order valence-electron chi connectivity index (χ0n) is 2.69. The number of carboxylic acids is 1. The van der Waals surface area contributed by atoms with E-state index in [0.717, 1.165) is 6.92 Å². The monoisotopic (exact) mass is 114 g/mol. The summed E-state index contributed by atoms with van der Waals surface area (Å²) < 4.78 is 0. The summed E-state index contributed by atoms with van der Waals surface area (Å²) in [6.45, 7) is 0.972. The Balaban J connectivity index is 0. The Labute approximate surface area is 40.7 Å². The van der Waals surface area contributed by atoms with Crippen molar-refractivity contribution in [3.63, 3.8) is 0 Å². The minimum Gasteiger partial charge on any atom is -0.550 e. The van der Waals surface area contributed by atoms with Gasteiger partial charge in [-0.25, -0.2) is 0 Å². The van der Waals surface area contributed by atoms with Crippen LogP contribution in [0.4, 0.5) is 0 Å². The Kier molecular flexibility index (Phi) is 7.09. The minimum absolute atomic E-state index is 0. The number of hydrogen-bond donors (Lipinski definition) is 0. The topological polar surface area (TPSA) is 40.1 Å². The molecule has 0 aliphatic rings. The maximum atomic E-state index is 8.89. The van der Waals surface area contributed by atoms with E-state index < -0.39 is 5.97 Å². The maximum absolute atomic E-state index is 8.89. The smallest absolute Gasteiger partial charge is 0.550 e. The van der Waals surface area contributed by atoms with Crippen molar-refractivity contribution < 1.29 is 27.0 Å². The molecule has 5 heavy (non-hydrogen) atoms. The van der Waals surface area contributed by atoms with Crippen LogP contribution < -0.4 is 5.11 Å². The summed E-state index contributed by atoms with van der Waals surface area (Å²) in [6.07, 6.45) is 0. The summed E-state index contributed by atoms with van der Waals surface area (Å²) in [5, 5.41) is 8.89. The molecule has 0 atom stereocenters. The molecule has 0 aromatic carbocycles. The van der Waals surface area contributed by atoms with Gasteiger partial charge in [-0.1, -0.05) is 0 Å². The quantitative estimate of drug-likeness (QED) is 0.369. The molecule has 0 saturated heterocycles. The molecule has 0 unspecified atom stereocenters. The molecule has 0 aliphatic heterocycles. The van der Waals surface area contributed by atoms with Crippen molar-refractivity contribution in [3.8, 4) is 0 Å². The first-order valence-electron chi connectivity index (χ1n) is 0.908. The Morgan fingerprint density at radius 3 is 1.80 bits per heavy atom. The predicted molar refractivity (Wildman–Crippen MR) is 10.7 cm³/mol. The first kappa shape index (κ1) is 8.89. The number of hydrogen-bond acceptors (Lipinski definition) is 2. The second-order valence-electron chi connectivity index (χ2n) is 0.492. The van der Waals surface area contributed by atoms with Crippen LogP contribution in [0.5, 0.6) is 0 Å². The minimum atomic E-state index is -1.08. The Morgan fingerprint density at radius 2 is 1.80 bits per heavy atom. The molecule has 0 rings (SSSR count). The van der Waals surface area contributed by atoms with Crippen molar-refractivity contribution in [2.45, 2.75) is 6.92 Å². The predicted octanol–water partition coefficient (Wildman–Crippen LogP) is -1.25. The molecule has 29 valence electrons. The average molecular weight is 114 g/mol. The summed E-state index contributed by atoms with van der Waals surface area (Å²) in [4.78, 5) is 8.89. The van der Waals surface area contributed by atoms with Gasteiger partial charge in [0.1, 0.15) is 0 Å². The van der Waals surface area contributed by atoms with Gasteiger partial charge in [0.15, 0.2) is 0 Å². The molecule has 0 saturated carbocycles. The third-order valence-electron chi connectivity index (χ3n) is 0. The van der Waals surface area contributed by atoms with E-state index in [9.17, 15) is 0 Å². The normalized spacial score (nSPS) is 5.00. The summed E-state index contributed by atoms with van der Waals surface area (Å²) in [6, 6.07) is 0. The first-order chi connectivity index (χ1) is 1.73. The zero-order valence-corrected chi connectivity index (χ0v) is 3.87. The zero-order chi connectivity index (χ0) is 3.58. The largest absolute Gasteiger partial charge is 2.00 e. The van der Waals surface area contributed by atoms with Gasteiger partial charge in [-0.2, -0.15) is 0 Å². The van der Waals surface area contributed by atoms with E-state index in [1.54, 1.807) is 0 Å². The van der Waals surface area contributed by atoms with Crippen molar-refractivity contribution in [1.82, 2.24) is 0 Å². The second kappa shape index (κ2) is 3.99. The molecule has 0 N–H and O–H groups in total. The van der Waals surface area contributed by atoms with Crippen LogP contribution in [0.1, 0.15) is 6.92 Å². The number of rotatable bonds is 0. The fourth-order valence-electron chi connectivity index (χ4n) is 0. The Bertz CT molecular complexity index is 30.6. The molecule has 0 heterocycles. The Morgan fingerprint density at radius 1 is 1.80 bits per heavy atom. The van der Waals surface area contributed by atoms with Crippen molar-refractivity contribution in [3.05, 3.63) is 0 Å². The molecule has 2 nitrogen and oxygen atoms in total. The number of aliphatic carboxylic acids is 1. The van der Waals surface area contributed by atoms with Gasteiger partial charge < -0.3 is 9.90 Å². The summed E-state index contributed by atoms with van der Waals surface area (Å²) in [5.74, 6) is -1.08. The molecule has 0 amide bonds. The number of carbonyl (C=O) groups excluding carboxylic acids is 1. The van der Waals surface area contributed by atoms with Gasteiger partial charge in [-0.3, -0.25) is 0 Å². The molecule has 0 aromatic rings. The molecule has 1 radical (unpaired) electrons. The Hall–Kier alpha value is -0.0105. The average Bonchev–Trinajstić information content (AvgIpc) is 0.811. The van der Waals surface area contributed by atoms with E-state index in [-0.39, 0.29) is 17.1 Å². The summed E-state index contributed by atoms with van der Waals surface area (Å²) >= 11 is 0. The van der Waals surface area contributed by atoms with E-state index >= 15 is 0 Å². The second-order valence-corrected chi connectivity index (χ2v) is 0.492. The molecule has 0 fully saturated rings. The standard InChI is InChI=1S/C2H4O2.Mn/c1-2(3)4;/h1H3,(H,3,4);/q;+2/p-1. The molecular formula is C2H3MnO2+. The van der Waals surface area contributed by atoms with E-state index in [4.69, 9.17) is 9.90 Å². The van der Waals surface area contributed by atoms with E-state index in [0.29, 0.717) is 0 Å². The maximum Gasteiger partial charge on any atom is 2.00 e. The van der Waals surface area contributed by atoms with Crippen LogP contribution >= 0.6 is 0 Å². The van der Waals surface area contributed by atoms with Crippen molar-refractivity contribution in [2.75, 3.05) is 0 Å². The molecule has 0 aliphatic carbocycles. The molecular weight excluding hydrogens is 111 g/mol. The van der Waals surface area contributed by atoms with Crippen LogP contribution in [0, 0.1) is 0 Å². The van der Waals surface area contributed by atoms with Gasteiger partial charge in [-0.05, 0) is 6.92 Å². The van der Waals surface area contributed by atoms with E-state index in [1.165, 1.54) is 0 Å². The van der Waals surface area contributed by atoms with Gasteiger partial charge in [0.2, 0.25) is 0 Å². The summed E-state index contributed by atoms with van der Waals surface area (Å²) in [5.41, 5.74) is 0. The first-order valence-corrected chi connectivity index (χ1v) is 0.908. The fourth-order valence-corrected chi connectivity index (χ4v) is 0. The van der Waals surface area contributed by atoms with Gasteiger partial charge in [0.05, 0.1) is 0 Å². The van der Waals surface area contributed by atoms with E-state index in [2.05, 4.69) is 0 Å². The van der Waals surface area contributed by atoms with Crippen molar-refractivity contribution in [1.29, 1.82) is 0 Å². The number of carbonyl (C=O) groups is 1. The van der Waals surface area contributed by atoms with Gasteiger partial charge in [0, 0.05) is 5.97 Å². The number of carboxylic acid groups (broad SMARTS) is 1. The molecule has 0 aromatic heterocycles.